The molecular weight excluding hydrogens is 683 g/mol. The van der Waals surface area contributed by atoms with Crippen LogP contribution in [0.3, 0.4) is 0 Å². The number of rotatable bonds is 42. The van der Waals surface area contributed by atoms with E-state index in [2.05, 4.69) is 13.8 Å². The van der Waals surface area contributed by atoms with Gasteiger partial charge in [-0.25, -0.2) is 4.89 Å². The molecule has 0 aliphatic carbocycles. The zero-order valence-corrected chi connectivity index (χ0v) is 34.8. The van der Waals surface area contributed by atoms with Crippen LogP contribution >= 0.6 is 8.25 Å². The van der Waals surface area contributed by atoms with Gasteiger partial charge in [-0.05, 0) is 19.3 Å². The molecule has 0 saturated carbocycles. The molecule has 10 nitrogen and oxygen atoms in total. The molecule has 0 bridgehead atoms. The molecular formula is C41H81O10P. The van der Waals surface area contributed by atoms with Crippen LogP contribution in [-0.4, -0.2) is 62.3 Å². The van der Waals surface area contributed by atoms with Crippen LogP contribution in [0.5, 0.6) is 0 Å². The van der Waals surface area contributed by atoms with Crippen molar-refractivity contribution in [2.45, 2.75) is 219 Å². The normalized spacial score (nSPS) is 13.2. The molecule has 0 radical (unpaired) electrons. The summed E-state index contributed by atoms with van der Waals surface area (Å²) in [5, 5.41) is 9.83. The third kappa shape index (κ3) is 38.7. The monoisotopic (exact) mass is 765 g/mol. The Bertz CT molecular complexity index is 800. The molecule has 0 aromatic heterocycles. The van der Waals surface area contributed by atoms with Crippen molar-refractivity contribution < 1.29 is 47.6 Å². The van der Waals surface area contributed by atoms with E-state index in [9.17, 15) is 19.3 Å². The minimum atomic E-state index is -3.11. The van der Waals surface area contributed by atoms with Gasteiger partial charge in [0.05, 0.1) is 13.2 Å². The predicted molar refractivity (Wildman–Crippen MR) is 211 cm³/mol. The van der Waals surface area contributed by atoms with Crippen molar-refractivity contribution >= 4 is 20.2 Å². The Hall–Kier alpha value is -1.03. The van der Waals surface area contributed by atoms with Crippen LogP contribution in [-0.2, 0) is 42.5 Å². The molecule has 0 fully saturated rings. The molecule has 0 aliphatic rings. The van der Waals surface area contributed by atoms with Gasteiger partial charge in [0, 0.05) is 19.4 Å². The van der Waals surface area contributed by atoms with Gasteiger partial charge in [-0.1, -0.05) is 175 Å². The molecule has 0 spiro atoms. The number of hydrogen-bond acceptors (Lipinski definition) is 10. The first kappa shape index (κ1) is 51.0. The Balaban J connectivity index is 4.34. The van der Waals surface area contributed by atoms with Crippen molar-refractivity contribution in [2.24, 2.45) is 0 Å². The summed E-state index contributed by atoms with van der Waals surface area (Å²) in [7, 11) is -3.11. The van der Waals surface area contributed by atoms with E-state index in [0.29, 0.717) is 13.0 Å². The highest BCUT2D eigenvalue weighted by Crippen LogP contribution is 2.25. The Labute approximate surface area is 319 Å². The van der Waals surface area contributed by atoms with E-state index in [1.165, 1.54) is 128 Å². The first-order valence-corrected chi connectivity index (χ1v) is 22.7. The lowest BCUT2D eigenvalue weighted by Gasteiger charge is -2.18. The molecule has 0 aliphatic heterocycles. The molecule has 0 heterocycles. The standard InChI is InChI=1S/C41H81O10P/c1-4-7-9-11-13-15-17-19-21-23-25-27-29-31-40(43)47-36-39(37-49-52(45)51-48-35-38(42)34-46-33-6-3)50-41(44)32-30-28-26-24-22-20-18-16-14-12-10-8-5-2/h38-39,42,52H,4-37H2,1-3H3. The van der Waals surface area contributed by atoms with Crippen LogP contribution in [0, 0.1) is 0 Å². The maximum atomic E-state index is 12.6. The second-order valence-corrected chi connectivity index (χ2v) is 15.4. The maximum absolute atomic E-state index is 12.6. The van der Waals surface area contributed by atoms with E-state index < -0.39 is 26.4 Å². The van der Waals surface area contributed by atoms with Crippen molar-refractivity contribution in [3.05, 3.63) is 0 Å². The molecule has 0 saturated heterocycles. The lowest BCUT2D eigenvalue weighted by atomic mass is 10.0. The Morgan fingerprint density at radius 3 is 1.38 bits per heavy atom. The summed E-state index contributed by atoms with van der Waals surface area (Å²) in [5.41, 5.74) is 0. The number of ether oxygens (including phenoxy) is 3. The highest BCUT2D eigenvalue weighted by atomic mass is 31.1. The van der Waals surface area contributed by atoms with Gasteiger partial charge in [0.15, 0.2) is 6.10 Å². The second kappa shape index (κ2) is 41.1. The molecule has 0 rings (SSSR count). The van der Waals surface area contributed by atoms with E-state index in [1.807, 2.05) is 6.92 Å². The fourth-order valence-corrected chi connectivity index (χ4v) is 6.49. The second-order valence-electron chi connectivity index (χ2n) is 14.4. The van der Waals surface area contributed by atoms with Crippen LogP contribution in [0.25, 0.3) is 0 Å². The minimum absolute atomic E-state index is 0.0704. The van der Waals surface area contributed by atoms with Gasteiger partial charge in [-0.3, -0.25) is 14.2 Å². The fourth-order valence-electron chi connectivity index (χ4n) is 5.95. The number of unbranched alkanes of at least 4 members (excludes halogenated alkanes) is 24. The average molecular weight is 765 g/mol. The van der Waals surface area contributed by atoms with Gasteiger partial charge in [0.25, 0.3) is 0 Å². The van der Waals surface area contributed by atoms with E-state index in [4.69, 9.17) is 28.3 Å². The average Bonchev–Trinajstić information content (AvgIpc) is 3.13. The summed E-state index contributed by atoms with van der Waals surface area (Å²) < 4.78 is 38.4. The first-order chi connectivity index (χ1) is 25.4. The summed E-state index contributed by atoms with van der Waals surface area (Å²) in [4.78, 5) is 29.9. The molecule has 0 aromatic carbocycles. The van der Waals surface area contributed by atoms with Gasteiger partial charge in [-0.15, -0.1) is 0 Å². The highest BCUT2D eigenvalue weighted by molar-refractivity contribution is 7.33. The van der Waals surface area contributed by atoms with Gasteiger partial charge < -0.3 is 23.8 Å². The van der Waals surface area contributed by atoms with E-state index >= 15 is 0 Å². The molecule has 0 amide bonds. The summed E-state index contributed by atoms with van der Waals surface area (Å²) in [6.07, 6.45) is 31.3. The van der Waals surface area contributed by atoms with Crippen molar-refractivity contribution in [1.29, 1.82) is 0 Å². The van der Waals surface area contributed by atoms with Crippen molar-refractivity contribution in [1.82, 2.24) is 0 Å². The van der Waals surface area contributed by atoms with Gasteiger partial charge >= 0.3 is 20.2 Å². The third-order valence-corrected chi connectivity index (χ3v) is 9.79. The van der Waals surface area contributed by atoms with Crippen LogP contribution < -0.4 is 0 Å². The Morgan fingerprint density at radius 1 is 0.519 bits per heavy atom. The smallest absolute Gasteiger partial charge is 0.347 e. The van der Waals surface area contributed by atoms with E-state index in [1.54, 1.807) is 0 Å². The SMILES string of the molecule is CCCCCCCCCCCCCCCC(=O)OCC(CO[PH](=O)OOCC(O)COCCC)OC(=O)CCCCCCCCCCCCCCC. The number of hydrogen-bond donors (Lipinski definition) is 1. The van der Waals surface area contributed by atoms with E-state index in [-0.39, 0.29) is 38.8 Å². The first-order valence-electron chi connectivity index (χ1n) is 21.5. The third-order valence-electron chi connectivity index (χ3n) is 9.13. The molecule has 0 aromatic rings. The zero-order valence-electron chi connectivity index (χ0n) is 33.8. The van der Waals surface area contributed by atoms with Crippen molar-refractivity contribution in [3.63, 3.8) is 0 Å². The summed E-state index contributed by atoms with van der Waals surface area (Å²) in [6.45, 7) is 6.34. The van der Waals surface area contributed by atoms with Gasteiger partial charge in [0.1, 0.15) is 19.3 Å². The molecule has 3 atom stereocenters. The van der Waals surface area contributed by atoms with E-state index in [0.717, 1.165) is 44.9 Å². The van der Waals surface area contributed by atoms with Crippen LogP contribution in [0.2, 0.25) is 0 Å². The van der Waals surface area contributed by atoms with Crippen molar-refractivity contribution in [2.75, 3.05) is 33.0 Å². The lowest BCUT2D eigenvalue weighted by molar-refractivity contribution is -0.230. The van der Waals surface area contributed by atoms with Crippen LogP contribution in [0.15, 0.2) is 0 Å². The number of esters is 2. The topological polar surface area (TPSA) is 127 Å². The Kier molecular flexibility index (Phi) is 40.3. The minimum Gasteiger partial charge on any atom is -0.462 e. The quantitative estimate of drug-likeness (QED) is 0.0211. The molecule has 1 N–H and O–H groups in total. The maximum Gasteiger partial charge on any atom is 0.347 e. The summed E-state index contributed by atoms with van der Waals surface area (Å²) in [6, 6.07) is 0. The number of carbonyl (C=O) groups excluding carboxylic acids is 2. The number of carbonyl (C=O) groups is 2. The van der Waals surface area contributed by atoms with Crippen LogP contribution in [0.4, 0.5) is 0 Å². The molecule has 11 heteroatoms. The number of aliphatic hydroxyl groups is 1. The molecule has 310 valence electrons. The van der Waals surface area contributed by atoms with Gasteiger partial charge in [-0.2, -0.15) is 4.67 Å². The molecule has 52 heavy (non-hydrogen) atoms. The Morgan fingerprint density at radius 2 is 0.942 bits per heavy atom. The molecule has 3 unspecified atom stereocenters. The van der Waals surface area contributed by atoms with Gasteiger partial charge in [0.2, 0.25) is 0 Å². The zero-order chi connectivity index (χ0) is 38.2. The highest BCUT2D eigenvalue weighted by Gasteiger charge is 2.19. The summed E-state index contributed by atoms with van der Waals surface area (Å²) in [5.74, 6) is -0.761. The largest absolute Gasteiger partial charge is 0.462 e. The predicted octanol–water partition coefficient (Wildman–Crippen LogP) is 11.5. The lowest BCUT2D eigenvalue weighted by Crippen LogP contribution is -2.29. The van der Waals surface area contributed by atoms with Crippen molar-refractivity contribution in [3.8, 4) is 0 Å². The summed E-state index contributed by atoms with van der Waals surface area (Å²) >= 11 is 0. The van der Waals surface area contributed by atoms with Crippen LogP contribution in [0.1, 0.15) is 207 Å². The fraction of sp³-hybridized carbons (Fsp3) is 0.951. The number of aliphatic hydroxyl groups excluding tert-OH is 1.